The predicted molar refractivity (Wildman–Crippen MR) is 167 cm³/mol. The Bertz CT molecular complexity index is 1770. The van der Waals surface area contributed by atoms with E-state index in [2.05, 4.69) is 58.1 Å². The summed E-state index contributed by atoms with van der Waals surface area (Å²) in [5.74, 6) is 1.37. The standard InChI is InChI=1S/C33H34N4O4S/c1-4-42(39,40)22-20-34-31(38)19-12-21-35(2)32-23-25(24-33-36(3)29-17-10-11-18-30(29)41-33)27-15-8-9-16-28(27)37(32)26-13-6-5-7-14-26/h4-11,13-18,23-24H,1,12,19-22H2,2-3H3/p+1. The Morgan fingerprint density at radius 1 is 1.05 bits per heavy atom. The fourth-order valence-corrected chi connectivity index (χ4v) is 5.60. The SMILES string of the molecule is C=CS(=O)(=O)CCNC(=O)CCCN(C)C1=C/C(=C\c2oc3ccccc3[n+]2C)c2ccccc2N1c1ccccc1. The highest BCUT2D eigenvalue weighted by atomic mass is 32.2. The number of carbonyl (C=O) groups is 1. The summed E-state index contributed by atoms with van der Waals surface area (Å²) in [6.45, 7) is 3.98. The molecule has 1 aromatic heterocycles. The third-order valence-electron chi connectivity index (χ3n) is 7.29. The van der Waals surface area contributed by atoms with Crippen molar-refractivity contribution < 1.29 is 22.2 Å². The number of amides is 1. The van der Waals surface area contributed by atoms with Crippen LogP contribution in [-0.2, 0) is 21.7 Å². The molecule has 0 fully saturated rings. The first kappa shape index (κ1) is 28.9. The second-order valence-electron chi connectivity index (χ2n) is 10.2. The Morgan fingerprint density at radius 3 is 2.52 bits per heavy atom. The lowest BCUT2D eigenvalue weighted by Crippen LogP contribution is -2.34. The van der Waals surface area contributed by atoms with Gasteiger partial charge < -0.3 is 14.6 Å². The van der Waals surface area contributed by atoms with E-state index >= 15 is 0 Å². The quantitative estimate of drug-likeness (QED) is 0.245. The van der Waals surface area contributed by atoms with E-state index in [0.717, 1.165) is 50.7 Å². The predicted octanol–water partition coefficient (Wildman–Crippen LogP) is 5.18. The molecule has 9 heteroatoms. The van der Waals surface area contributed by atoms with Gasteiger partial charge in [0.2, 0.25) is 11.5 Å². The minimum Gasteiger partial charge on any atom is -0.398 e. The van der Waals surface area contributed by atoms with E-state index in [4.69, 9.17) is 4.42 Å². The number of hydrogen-bond donors (Lipinski definition) is 1. The molecule has 3 aromatic carbocycles. The molecular formula is C33H35N4O4S+. The third kappa shape index (κ3) is 6.31. The van der Waals surface area contributed by atoms with E-state index in [1.54, 1.807) is 0 Å². The van der Waals surface area contributed by atoms with Crippen LogP contribution in [0.15, 0.2) is 107 Å². The lowest BCUT2D eigenvalue weighted by atomic mass is 9.97. The van der Waals surface area contributed by atoms with Gasteiger partial charge in [-0.2, -0.15) is 4.57 Å². The number of benzene rings is 3. The van der Waals surface area contributed by atoms with Crippen LogP contribution in [0, 0.1) is 0 Å². The highest BCUT2D eigenvalue weighted by molar-refractivity contribution is 7.94. The van der Waals surface area contributed by atoms with Crippen molar-refractivity contribution in [3.05, 3.63) is 114 Å². The number of aryl methyl sites for hydroxylation is 1. The Balaban J connectivity index is 1.43. The zero-order valence-corrected chi connectivity index (χ0v) is 24.7. The van der Waals surface area contributed by atoms with Gasteiger partial charge in [-0.3, -0.25) is 9.69 Å². The molecule has 1 aliphatic heterocycles. The highest BCUT2D eigenvalue weighted by Crippen LogP contribution is 2.42. The lowest BCUT2D eigenvalue weighted by molar-refractivity contribution is -0.651. The van der Waals surface area contributed by atoms with Gasteiger partial charge in [0.25, 0.3) is 5.52 Å². The van der Waals surface area contributed by atoms with E-state index in [-0.39, 0.29) is 24.6 Å². The largest absolute Gasteiger partial charge is 0.398 e. The van der Waals surface area contributed by atoms with Crippen LogP contribution < -0.4 is 14.8 Å². The topological polar surface area (TPSA) is 86.7 Å². The van der Waals surface area contributed by atoms with E-state index in [1.807, 2.05) is 73.3 Å². The van der Waals surface area contributed by atoms with E-state index in [9.17, 15) is 13.2 Å². The van der Waals surface area contributed by atoms with Crippen LogP contribution in [0.4, 0.5) is 11.4 Å². The van der Waals surface area contributed by atoms with Gasteiger partial charge >= 0.3 is 5.89 Å². The van der Waals surface area contributed by atoms with Crippen molar-refractivity contribution in [2.24, 2.45) is 7.05 Å². The van der Waals surface area contributed by atoms with Crippen LogP contribution in [0.3, 0.4) is 0 Å². The first-order valence-corrected chi connectivity index (χ1v) is 15.6. The summed E-state index contributed by atoms with van der Waals surface area (Å²) in [6, 6.07) is 26.5. The maximum absolute atomic E-state index is 12.4. The van der Waals surface area contributed by atoms with Crippen molar-refractivity contribution in [3.8, 4) is 0 Å². The monoisotopic (exact) mass is 583 g/mol. The molecule has 0 spiro atoms. The summed E-state index contributed by atoms with van der Waals surface area (Å²) in [5.41, 5.74) is 5.99. The molecule has 0 unspecified atom stereocenters. The van der Waals surface area contributed by atoms with Crippen molar-refractivity contribution in [2.45, 2.75) is 12.8 Å². The van der Waals surface area contributed by atoms with Crippen LogP contribution in [0.25, 0.3) is 22.7 Å². The summed E-state index contributed by atoms with van der Waals surface area (Å²) in [5, 5.41) is 3.61. The number of fused-ring (bicyclic) bond motifs is 2. The van der Waals surface area contributed by atoms with Gasteiger partial charge in [0.1, 0.15) is 12.9 Å². The molecule has 0 radical (unpaired) electrons. The molecule has 42 heavy (non-hydrogen) atoms. The first-order chi connectivity index (χ1) is 20.3. The summed E-state index contributed by atoms with van der Waals surface area (Å²) in [7, 11) is 0.670. The number of sulfone groups is 1. The van der Waals surface area contributed by atoms with Gasteiger partial charge in [0, 0.05) is 49.3 Å². The molecule has 1 N–H and O–H groups in total. The molecule has 4 aromatic rings. The highest BCUT2D eigenvalue weighted by Gasteiger charge is 2.28. The van der Waals surface area contributed by atoms with Crippen molar-refractivity contribution >= 4 is 49.9 Å². The van der Waals surface area contributed by atoms with Crippen molar-refractivity contribution in [1.82, 2.24) is 10.2 Å². The maximum atomic E-state index is 12.4. The average molecular weight is 584 g/mol. The van der Waals surface area contributed by atoms with Gasteiger partial charge in [-0.05, 0) is 42.3 Å². The van der Waals surface area contributed by atoms with Crippen molar-refractivity contribution in [3.63, 3.8) is 0 Å². The van der Waals surface area contributed by atoms with Crippen LogP contribution in [0.5, 0.6) is 0 Å². The molecule has 0 aliphatic carbocycles. The molecule has 8 nitrogen and oxygen atoms in total. The normalized spacial score (nSPS) is 14.0. The second kappa shape index (κ2) is 12.5. The van der Waals surface area contributed by atoms with Crippen LogP contribution in [0.1, 0.15) is 24.3 Å². The van der Waals surface area contributed by atoms with Crippen LogP contribution in [-0.4, -0.2) is 45.1 Å². The number of nitrogens with zero attached hydrogens (tertiary/aromatic N) is 3. The van der Waals surface area contributed by atoms with Gasteiger partial charge in [0.05, 0.1) is 17.5 Å². The van der Waals surface area contributed by atoms with Gasteiger partial charge in [-0.15, -0.1) is 0 Å². The Kier molecular flexibility index (Phi) is 8.59. The smallest absolute Gasteiger partial charge is 0.374 e. The first-order valence-electron chi connectivity index (χ1n) is 13.9. The summed E-state index contributed by atoms with van der Waals surface area (Å²) in [6.07, 6.45) is 5.10. The molecule has 1 amide bonds. The molecule has 216 valence electrons. The van der Waals surface area contributed by atoms with Gasteiger partial charge in [-0.1, -0.05) is 55.1 Å². The minimum atomic E-state index is -3.34. The van der Waals surface area contributed by atoms with Gasteiger partial charge in [-0.25, -0.2) is 8.42 Å². The lowest BCUT2D eigenvalue weighted by Gasteiger charge is -2.38. The maximum Gasteiger partial charge on any atom is 0.374 e. The van der Waals surface area contributed by atoms with Crippen molar-refractivity contribution in [2.75, 3.05) is 30.8 Å². The number of hydrogen-bond acceptors (Lipinski definition) is 6. The number of para-hydroxylation sites is 4. The summed E-state index contributed by atoms with van der Waals surface area (Å²) >= 11 is 0. The Hall–Kier alpha value is -4.63. The molecule has 0 saturated heterocycles. The Labute approximate surface area is 246 Å². The number of rotatable bonds is 11. The van der Waals surface area contributed by atoms with Crippen LogP contribution in [0.2, 0.25) is 0 Å². The minimum absolute atomic E-state index is 0.0696. The summed E-state index contributed by atoms with van der Waals surface area (Å²) < 4.78 is 31.5. The number of anilines is 2. The molecule has 5 rings (SSSR count). The van der Waals surface area contributed by atoms with E-state index < -0.39 is 9.84 Å². The van der Waals surface area contributed by atoms with E-state index in [0.29, 0.717) is 13.0 Å². The zero-order valence-electron chi connectivity index (χ0n) is 23.9. The molecule has 0 bridgehead atoms. The summed E-state index contributed by atoms with van der Waals surface area (Å²) in [4.78, 5) is 16.8. The zero-order chi connectivity index (χ0) is 29.7. The fourth-order valence-electron chi connectivity index (χ4n) is 5.04. The third-order valence-corrected chi connectivity index (χ3v) is 8.57. The number of allylic oxidation sites excluding steroid dienone is 2. The number of oxazole rings is 1. The number of nitrogens with one attached hydrogen (secondary N) is 1. The van der Waals surface area contributed by atoms with E-state index in [1.165, 1.54) is 0 Å². The van der Waals surface area contributed by atoms with Gasteiger partial charge in [0.15, 0.2) is 9.84 Å². The number of carbonyl (C=O) groups excluding carboxylic acids is 1. The number of aromatic nitrogens is 1. The molecular weight excluding hydrogens is 548 g/mol. The fraction of sp³-hybridized carbons (Fsp3) is 0.212. The Morgan fingerprint density at radius 2 is 1.76 bits per heavy atom. The molecule has 1 aliphatic rings. The molecule has 2 heterocycles. The second-order valence-corrected chi connectivity index (χ2v) is 12.2. The average Bonchev–Trinajstić information content (AvgIpc) is 3.32. The molecule has 0 atom stereocenters. The van der Waals surface area contributed by atoms with Crippen LogP contribution >= 0.6 is 0 Å². The van der Waals surface area contributed by atoms with Crippen molar-refractivity contribution in [1.29, 1.82) is 0 Å². The molecule has 0 saturated carbocycles.